The number of aromatic nitrogens is 1. The summed E-state index contributed by atoms with van der Waals surface area (Å²) in [4.78, 5) is 17.9. The lowest BCUT2D eigenvalue weighted by Crippen LogP contribution is -2.34. The molecule has 0 bridgehead atoms. The topological polar surface area (TPSA) is 58.4 Å². The zero-order valence-electron chi connectivity index (χ0n) is 11.0. The normalized spacial score (nSPS) is 12.4. The number of amides is 1. The minimum absolute atomic E-state index is 0.00983. The van der Waals surface area contributed by atoms with E-state index >= 15 is 0 Å². The lowest BCUT2D eigenvalue weighted by Gasteiger charge is -2.22. The van der Waals surface area contributed by atoms with Gasteiger partial charge in [-0.25, -0.2) is 0 Å². The molecule has 1 atom stereocenters. The van der Waals surface area contributed by atoms with Gasteiger partial charge in [0.05, 0.1) is 17.9 Å². The number of furan rings is 1. The maximum atomic E-state index is 11.9. The largest absolute Gasteiger partial charge is 0.468 e. The van der Waals surface area contributed by atoms with Crippen molar-refractivity contribution in [3.8, 4) is 0 Å². The number of rotatable bonds is 5. The van der Waals surface area contributed by atoms with Gasteiger partial charge in [-0.05, 0) is 38.4 Å². The van der Waals surface area contributed by atoms with Gasteiger partial charge in [0.25, 0.3) is 5.91 Å². The fourth-order valence-electron chi connectivity index (χ4n) is 1.81. The van der Waals surface area contributed by atoms with Crippen molar-refractivity contribution in [1.82, 2.24) is 15.2 Å². The van der Waals surface area contributed by atoms with Gasteiger partial charge < -0.3 is 9.73 Å². The van der Waals surface area contributed by atoms with Crippen LogP contribution in [-0.2, 0) is 0 Å². The van der Waals surface area contributed by atoms with Crippen LogP contribution >= 0.6 is 0 Å². The first-order valence-corrected chi connectivity index (χ1v) is 6.06. The molecule has 0 saturated heterocycles. The predicted octanol–water partition coefficient (Wildman–Crippen LogP) is 1.71. The maximum absolute atomic E-state index is 11.9. The molecule has 19 heavy (non-hydrogen) atoms. The number of likely N-dealkylation sites (N-methyl/N-ethyl adjacent to an activating group) is 1. The average Bonchev–Trinajstić information content (AvgIpc) is 2.93. The Balaban J connectivity index is 1.98. The third-order valence-electron chi connectivity index (χ3n) is 2.87. The zero-order valence-corrected chi connectivity index (χ0v) is 11.0. The van der Waals surface area contributed by atoms with Crippen LogP contribution < -0.4 is 5.32 Å². The monoisotopic (exact) mass is 259 g/mol. The molecule has 2 aromatic rings. The molecule has 0 aliphatic rings. The summed E-state index contributed by atoms with van der Waals surface area (Å²) in [6.07, 6.45) is 4.82. The summed E-state index contributed by atoms with van der Waals surface area (Å²) in [6.45, 7) is 0.480. The molecule has 1 N–H and O–H groups in total. The fourth-order valence-corrected chi connectivity index (χ4v) is 1.81. The van der Waals surface area contributed by atoms with Gasteiger partial charge in [-0.15, -0.1) is 0 Å². The highest BCUT2D eigenvalue weighted by molar-refractivity contribution is 5.93. The van der Waals surface area contributed by atoms with Gasteiger partial charge in [-0.2, -0.15) is 0 Å². The molecule has 100 valence electrons. The van der Waals surface area contributed by atoms with E-state index in [0.717, 1.165) is 5.76 Å². The second-order valence-corrected chi connectivity index (χ2v) is 4.45. The first kappa shape index (κ1) is 13.3. The molecular formula is C14H17N3O2. The zero-order chi connectivity index (χ0) is 13.7. The number of hydrogen-bond donors (Lipinski definition) is 1. The molecule has 1 unspecified atom stereocenters. The van der Waals surface area contributed by atoms with Crippen LogP contribution in [0.25, 0.3) is 0 Å². The van der Waals surface area contributed by atoms with Crippen LogP contribution in [0.4, 0.5) is 0 Å². The van der Waals surface area contributed by atoms with Crippen molar-refractivity contribution in [1.29, 1.82) is 0 Å². The summed E-state index contributed by atoms with van der Waals surface area (Å²) in [5.74, 6) is 0.697. The van der Waals surface area contributed by atoms with E-state index in [1.807, 2.05) is 31.1 Å². The van der Waals surface area contributed by atoms with Gasteiger partial charge in [0.1, 0.15) is 5.76 Å². The van der Waals surface area contributed by atoms with Gasteiger partial charge in [0.2, 0.25) is 0 Å². The highest BCUT2D eigenvalue weighted by Gasteiger charge is 2.18. The van der Waals surface area contributed by atoms with Crippen molar-refractivity contribution in [3.05, 3.63) is 54.2 Å². The Labute approximate surface area is 112 Å². The van der Waals surface area contributed by atoms with Crippen LogP contribution in [0.15, 0.2) is 47.3 Å². The molecule has 0 aliphatic carbocycles. The summed E-state index contributed by atoms with van der Waals surface area (Å²) < 4.78 is 5.39. The number of nitrogens with one attached hydrogen (secondary N) is 1. The van der Waals surface area contributed by atoms with E-state index in [9.17, 15) is 4.79 Å². The van der Waals surface area contributed by atoms with Crippen molar-refractivity contribution < 1.29 is 9.21 Å². The molecule has 2 rings (SSSR count). The molecular weight excluding hydrogens is 242 g/mol. The Morgan fingerprint density at radius 3 is 2.84 bits per heavy atom. The molecule has 0 saturated carbocycles. The maximum Gasteiger partial charge on any atom is 0.252 e. The summed E-state index contributed by atoms with van der Waals surface area (Å²) in [7, 11) is 3.90. The van der Waals surface area contributed by atoms with E-state index in [4.69, 9.17) is 4.42 Å². The van der Waals surface area contributed by atoms with Crippen LogP contribution in [0.1, 0.15) is 22.2 Å². The smallest absolute Gasteiger partial charge is 0.252 e. The standard InChI is InChI=1S/C14H17N3O2/c1-17(2)12(13-6-4-8-19-13)10-16-14(18)11-5-3-7-15-9-11/h3-9,12H,10H2,1-2H3,(H,16,18). The molecule has 2 aromatic heterocycles. The number of carbonyl (C=O) groups is 1. The summed E-state index contributed by atoms with van der Waals surface area (Å²) >= 11 is 0. The minimum atomic E-state index is -0.133. The first-order chi connectivity index (χ1) is 9.18. The molecule has 0 spiro atoms. The quantitative estimate of drug-likeness (QED) is 0.888. The van der Waals surface area contributed by atoms with E-state index in [-0.39, 0.29) is 11.9 Å². The Hall–Kier alpha value is -2.14. The average molecular weight is 259 g/mol. The van der Waals surface area contributed by atoms with Gasteiger partial charge in [0.15, 0.2) is 0 Å². The van der Waals surface area contributed by atoms with E-state index in [1.165, 1.54) is 0 Å². The summed E-state index contributed by atoms with van der Waals surface area (Å²) in [5.41, 5.74) is 0.555. The molecule has 0 aromatic carbocycles. The van der Waals surface area contributed by atoms with Gasteiger partial charge in [-0.3, -0.25) is 14.7 Å². The minimum Gasteiger partial charge on any atom is -0.468 e. The van der Waals surface area contributed by atoms with E-state index < -0.39 is 0 Å². The number of pyridine rings is 1. The van der Waals surface area contributed by atoms with E-state index in [1.54, 1.807) is 30.8 Å². The van der Waals surface area contributed by atoms with Crippen LogP contribution in [0.2, 0.25) is 0 Å². The SMILES string of the molecule is CN(C)C(CNC(=O)c1cccnc1)c1ccco1. The molecule has 5 heteroatoms. The Bertz CT molecular complexity index is 509. The molecule has 5 nitrogen and oxygen atoms in total. The van der Waals surface area contributed by atoms with Gasteiger partial charge in [-0.1, -0.05) is 0 Å². The van der Waals surface area contributed by atoms with Crippen LogP contribution in [0.5, 0.6) is 0 Å². The van der Waals surface area contributed by atoms with Gasteiger partial charge in [0, 0.05) is 18.9 Å². The predicted molar refractivity (Wildman–Crippen MR) is 71.7 cm³/mol. The van der Waals surface area contributed by atoms with Crippen LogP contribution in [0.3, 0.4) is 0 Å². The second kappa shape index (κ2) is 6.15. The third-order valence-corrected chi connectivity index (χ3v) is 2.87. The second-order valence-electron chi connectivity index (χ2n) is 4.45. The third kappa shape index (κ3) is 3.42. The molecule has 2 heterocycles. The fraction of sp³-hybridized carbons (Fsp3) is 0.286. The van der Waals surface area contributed by atoms with Crippen LogP contribution in [-0.4, -0.2) is 36.4 Å². The Kier molecular flexibility index (Phi) is 4.30. The van der Waals surface area contributed by atoms with Crippen molar-refractivity contribution >= 4 is 5.91 Å². The molecule has 0 radical (unpaired) electrons. The summed E-state index contributed by atoms with van der Waals surface area (Å²) in [5, 5.41) is 2.89. The number of nitrogens with zero attached hydrogens (tertiary/aromatic N) is 2. The van der Waals surface area contributed by atoms with Gasteiger partial charge >= 0.3 is 0 Å². The van der Waals surface area contributed by atoms with Crippen molar-refractivity contribution in [2.75, 3.05) is 20.6 Å². The van der Waals surface area contributed by atoms with E-state index in [2.05, 4.69) is 10.3 Å². The van der Waals surface area contributed by atoms with Crippen molar-refractivity contribution in [2.45, 2.75) is 6.04 Å². The number of carbonyl (C=O) groups excluding carboxylic acids is 1. The van der Waals surface area contributed by atoms with Crippen molar-refractivity contribution in [2.24, 2.45) is 0 Å². The van der Waals surface area contributed by atoms with E-state index in [0.29, 0.717) is 12.1 Å². The molecule has 0 aliphatic heterocycles. The Morgan fingerprint density at radius 2 is 2.26 bits per heavy atom. The molecule has 0 fully saturated rings. The lowest BCUT2D eigenvalue weighted by molar-refractivity contribution is 0.0938. The Morgan fingerprint density at radius 1 is 1.42 bits per heavy atom. The first-order valence-electron chi connectivity index (χ1n) is 6.06. The van der Waals surface area contributed by atoms with Crippen LogP contribution in [0, 0.1) is 0 Å². The molecule has 1 amide bonds. The highest BCUT2D eigenvalue weighted by atomic mass is 16.3. The lowest BCUT2D eigenvalue weighted by atomic mass is 10.2. The summed E-state index contributed by atoms with van der Waals surface area (Å²) in [6, 6.07) is 7.23. The van der Waals surface area contributed by atoms with Crippen molar-refractivity contribution in [3.63, 3.8) is 0 Å². The highest BCUT2D eigenvalue weighted by Crippen LogP contribution is 2.17. The number of hydrogen-bond acceptors (Lipinski definition) is 4.